The summed E-state index contributed by atoms with van der Waals surface area (Å²) in [5.74, 6) is 0. The summed E-state index contributed by atoms with van der Waals surface area (Å²) >= 11 is 0. The second kappa shape index (κ2) is 6.37. The van der Waals surface area contributed by atoms with Crippen molar-refractivity contribution in [2.45, 2.75) is 32.6 Å². The molecule has 2 rings (SSSR count). The van der Waals surface area contributed by atoms with E-state index in [0.29, 0.717) is 0 Å². The third-order valence-corrected chi connectivity index (χ3v) is 3.46. The molecule has 0 unspecified atom stereocenters. The van der Waals surface area contributed by atoms with Crippen LogP contribution in [0.3, 0.4) is 0 Å². The summed E-state index contributed by atoms with van der Waals surface area (Å²) in [6, 6.07) is 9.47. The zero-order chi connectivity index (χ0) is 13.7. The number of nitrogens with zero attached hydrogens (tertiary/aromatic N) is 1. The Morgan fingerprint density at radius 2 is 2.00 bits per heavy atom. The number of pyridine rings is 1. The molecule has 0 aliphatic rings. The fourth-order valence-corrected chi connectivity index (χ4v) is 2.30. The molecule has 0 atom stereocenters. The van der Waals surface area contributed by atoms with E-state index in [4.69, 9.17) is 0 Å². The minimum absolute atomic E-state index is 0.0990. The molecule has 2 aromatic rings. The average molecular weight is 255 g/mol. The summed E-state index contributed by atoms with van der Waals surface area (Å²) < 4.78 is 2.08. The van der Waals surface area contributed by atoms with Crippen molar-refractivity contribution < 1.29 is 0 Å². The van der Waals surface area contributed by atoms with Crippen LogP contribution in [0.5, 0.6) is 0 Å². The van der Waals surface area contributed by atoms with Gasteiger partial charge in [0.25, 0.3) is 0 Å². The van der Waals surface area contributed by atoms with Crippen LogP contribution in [-0.4, -0.2) is 4.57 Å². The lowest BCUT2D eigenvalue weighted by Gasteiger charge is -2.09. The molecule has 0 amide bonds. The van der Waals surface area contributed by atoms with Crippen LogP contribution in [0.25, 0.3) is 17.0 Å². The Morgan fingerprint density at radius 1 is 1.21 bits per heavy atom. The van der Waals surface area contributed by atoms with Gasteiger partial charge >= 0.3 is 0 Å². The van der Waals surface area contributed by atoms with Crippen molar-refractivity contribution in [3.8, 4) is 0 Å². The van der Waals surface area contributed by atoms with Gasteiger partial charge in [-0.1, -0.05) is 38.0 Å². The molecule has 1 aromatic carbocycles. The number of hydrogen-bond donors (Lipinski definition) is 0. The normalized spacial score (nSPS) is 11.5. The standard InChI is InChI=1S/C17H21NO/c1-3-4-5-6-7-10-14-13-17(19)15-11-8-9-12-16(15)18(14)2/h7-13H,3-6H2,1-2H3/b10-7+. The lowest BCUT2D eigenvalue weighted by Crippen LogP contribution is -2.08. The van der Waals surface area contributed by atoms with E-state index in [0.717, 1.165) is 23.0 Å². The molecular formula is C17H21NO. The molecule has 1 heterocycles. The molecule has 0 bridgehead atoms. The van der Waals surface area contributed by atoms with Crippen LogP contribution in [0.2, 0.25) is 0 Å². The van der Waals surface area contributed by atoms with Crippen molar-refractivity contribution in [3.05, 3.63) is 52.3 Å². The predicted octanol–water partition coefficient (Wildman–Crippen LogP) is 4.13. The summed E-state index contributed by atoms with van der Waals surface area (Å²) in [7, 11) is 2.01. The van der Waals surface area contributed by atoms with Crippen molar-refractivity contribution in [1.82, 2.24) is 4.57 Å². The Labute approximate surface area is 114 Å². The molecule has 0 N–H and O–H groups in total. The zero-order valence-corrected chi connectivity index (χ0v) is 11.7. The van der Waals surface area contributed by atoms with E-state index in [1.807, 2.05) is 31.3 Å². The van der Waals surface area contributed by atoms with Crippen LogP contribution in [-0.2, 0) is 7.05 Å². The van der Waals surface area contributed by atoms with Gasteiger partial charge in [0, 0.05) is 24.2 Å². The van der Waals surface area contributed by atoms with Gasteiger partial charge in [-0.3, -0.25) is 4.79 Å². The molecule has 100 valence electrons. The molecular weight excluding hydrogens is 234 g/mol. The highest BCUT2D eigenvalue weighted by Crippen LogP contribution is 2.12. The second-order valence-corrected chi connectivity index (χ2v) is 4.91. The number of hydrogen-bond acceptors (Lipinski definition) is 1. The van der Waals surface area contributed by atoms with Gasteiger partial charge < -0.3 is 4.57 Å². The topological polar surface area (TPSA) is 22.0 Å². The van der Waals surface area contributed by atoms with Gasteiger partial charge in [-0.15, -0.1) is 0 Å². The third-order valence-electron chi connectivity index (χ3n) is 3.46. The summed E-state index contributed by atoms with van der Waals surface area (Å²) in [5, 5.41) is 0.785. The summed E-state index contributed by atoms with van der Waals surface area (Å²) in [6.45, 7) is 2.21. The fourth-order valence-electron chi connectivity index (χ4n) is 2.30. The third kappa shape index (κ3) is 3.14. The Hall–Kier alpha value is -1.83. The predicted molar refractivity (Wildman–Crippen MR) is 82.4 cm³/mol. The number of fused-ring (bicyclic) bond motifs is 1. The summed E-state index contributed by atoms with van der Waals surface area (Å²) in [6.07, 6.45) is 9.02. The molecule has 0 aliphatic heterocycles. The Morgan fingerprint density at radius 3 is 2.79 bits per heavy atom. The molecule has 0 radical (unpaired) electrons. The van der Waals surface area contributed by atoms with Crippen molar-refractivity contribution in [2.75, 3.05) is 0 Å². The lowest BCUT2D eigenvalue weighted by molar-refractivity contribution is 0.730. The molecule has 0 saturated carbocycles. The number of aryl methyl sites for hydroxylation is 1. The van der Waals surface area contributed by atoms with E-state index in [2.05, 4.69) is 23.6 Å². The van der Waals surface area contributed by atoms with Gasteiger partial charge in [-0.25, -0.2) is 0 Å². The first-order valence-corrected chi connectivity index (χ1v) is 6.99. The van der Waals surface area contributed by atoms with Gasteiger partial charge in [0.1, 0.15) is 0 Å². The minimum atomic E-state index is 0.0990. The largest absolute Gasteiger partial charge is 0.344 e. The quantitative estimate of drug-likeness (QED) is 0.736. The van der Waals surface area contributed by atoms with Crippen LogP contribution >= 0.6 is 0 Å². The number of aromatic nitrogens is 1. The van der Waals surface area contributed by atoms with E-state index in [1.165, 1.54) is 19.3 Å². The smallest absolute Gasteiger partial charge is 0.190 e. The maximum absolute atomic E-state index is 12.0. The van der Waals surface area contributed by atoms with E-state index < -0.39 is 0 Å². The molecule has 0 spiro atoms. The van der Waals surface area contributed by atoms with Gasteiger partial charge in [-0.05, 0) is 31.1 Å². The summed E-state index contributed by atoms with van der Waals surface area (Å²) in [4.78, 5) is 12.0. The minimum Gasteiger partial charge on any atom is -0.344 e. The van der Waals surface area contributed by atoms with Crippen molar-refractivity contribution in [3.63, 3.8) is 0 Å². The van der Waals surface area contributed by atoms with Gasteiger partial charge in [0.2, 0.25) is 0 Å². The highest BCUT2D eigenvalue weighted by atomic mass is 16.1. The molecule has 0 saturated heterocycles. The number of allylic oxidation sites excluding steroid dienone is 1. The molecule has 1 aromatic heterocycles. The number of rotatable bonds is 5. The number of unbranched alkanes of at least 4 members (excludes halogenated alkanes) is 3. The van der Waals surface area contributed by atoms with Crippen molar-refractivity contribution >= 4 is 17.0 Å². The Bertz CT molecular complexity index is 637. The SMILES string of the molecule is CCCCC/C=C/c1cc(=O)c2ccccc2n1C. The molecule has 0 aliphatic carbocycles. The van der Waals surface area contributed by atoms with Gasteiger partial charge in [0.05, 0.1) is 5.52 Å². The molecule has 2 heteroatoms. The second-order valence-electron chi connectivity index (χ2n) is 4.91. The zero-order valence-electron chi connectivity index (χ0n) is 11.7. The van der Waals surface area contributed by atoms with Crippen molar-refractivity contribution in [1.29, 1.82) is 0 Å². The highest BCUT2D eigenvalue weighted by Gasteiger charge is 2.02. The summed E-state index contributed by atoms with van der Waals surface area (Å²) in [5.41, 5.74) is 2.06. The maximum atomic E-state index is 12.0. The Kier molecular flexibility index (Phi) is 4.56. The van der Waals surface area contributed by atoms with Gasteiger partial charge in [0.15, 0.2) is 5.43 Å². The molecule has 2 nitrogen and oxygen atoms in total. The molecule has 19 heavy (non-hydrogen) atoms. The Balaban J connectivity index is 2.29. The monoisotopic (exact) mass is 255 g/mol. The highest BCUT2D eigenvalue weighted by molar-refractivity contribution is 5.80. The van der Waals surface area contributed by atoms with Crippen LogP contribution in [0.4, 0.5) is 0 Å². The number of para-hydroxylation sites is 1. The first-order valence-electron chi connectivity index (χ1n) is 6.99. The van der Waals surface area contributed by atoms with E-state index >= 15 is 0 Å². The lowest BCUT2D eigenvalue weighted by atomic mass is 10.1. The van der Waals surface area contributed by atoms with Crippen molar-refractivity contribution in [2.24, 2.45) is 7.05 Å². The first-order chi connectivity index (χ1) is 9.24. The first kappa shape index (κ1) is 13.6. The van der Waals surface area contributed by atoms with E-state index in [9.17, 15) is 4.79 Å². The van der Waals surface area contributed by atoms with Crippen LogP contribution in [0, 0.1) is 0 Å². The van der Waals surface area contributed by atoms with Crippen LogP contribution in [0.15, 0.2) is 41.2 Å². The van der Waals surface area contributed by atoms with Gasteiger partial charge in [-0.2, -0.15) is 0 Å². The van der Waals surface area contributed by atoms with Crippen LogP contribution in [0.1, 0.15) is 38.3 Å². The number of benzene rings is 1. The van der Waals surface area contributed by atoms with E-state index in [-0.39, 0.29) is 5.43 Å². The molecule has 0 fully saturated rings. The fraction of sp³-hybridized carbons (Fsp3) is 0.353. The van der Waals surface area contributed by atoms with E-state index in [1.54, 1.807) is 6.07 Å². The maximum Gasteiger partial charge on any atom is 0.190 e. The van der Waals surface area contributed by atoms with Crippen LogP contribution < -0.4 is 5.43 Å². The average Bonchev–Trinajstić information content (AvgIpc) is 2.44.